The Labute approximate surface area is 130 Å². The Kier molecular flexibility index (Phi) is 6.05. The van der Waals surface area contributed by atoms with Crippen LogP contribution in [-0.2, 0) is 9.63 Å². The Hall–Kier alpha value is -1.55. The average molecular weight is 309 g/mol. The van der Waals surface area contributed by atoms with Gasteiger partial charge in [0.2, 0.25) is 0 Å². The fraction of sp³-hybridized carbons (Fsp3) is 0.500. The van der Waals surface area contributed by atoms with Gasteiger partial charge in [-0.15, -0.1) is 0 Å². The molecule has 1 aliphatic rings. The highest BCUT2D eigenvalue weighted by molar-refractivity contribution is 6.30. The number of hydrogen-bond acceptors (Lipinski definition) is 3. The number of carbonyl (C=O) groups is 1. The minimum absolute atomic E-state index is 0.0483. The molecule has 1 fully saturated rings. The maximum Gasteiger partial charge on any atom is 0.261 e. The van der Waals surface area contributed by atoms with E-state index in [-0.39, 0.29) is 18.6 Å². The molecule has 0 bridgehead atoms. The van der Waals surface area contributed by atoms with Crippen LogP contribution in [0.5, 0.6) is 0 Å². The van der Waals surface area contributed by atoms with E-state index in [1.807, 2.05) is 12.1 Å². The first-order chi connectivity index (χ1) is 10.1. The van der Waals surface area contributed by atoms with E-state index in [4.69, 9.17) is 16.4 Å². The summed E-state index contributed by atoms with van der Waals surface area (Å²) in [4.78, 5) is 16.8. The number of halogens is 1. The van der Waals surface area contributed by atoms with Crippen molar-refractivity contribution in [1.29, 1.82) is 0 Å². The molecule has 0 radical (unpaired) electrons. The number of hydrogen-bond donors (Lipinski definition) is 1. The summed E-state index contributed by atoms with van der Waals surface area (Å²) in [6.07, 6.45) is 6.24. The van der Waals surface area contributed by atoms with Gasteiger partial charge < -0.3 is 10.2 Å². The number of carbonyl (C=O) groups excluding carboxylic acids is 1. The Bertz CT molecular complexity index is 488. The molecule has 0 heterocycles. The number of nitrogens with zero attached hydrogens (tertiary/aromatic N) is 1. The zero-order chi connectivity index (χ0) is 15.1. The summed E-state index contributed by atoms with van der Waals surface area (Å²) >= 11 is 5.79. The van der Waals surface area contributed by atoms with E-state index < -0.39 is 0 Å². The summed E-state index contributed by atoms with van der Waals surface area (Å²) in [5, 5.41) is 7.49. The third kappa shape index (κ3) is 5.38. The number of benzene rings is 1. The predicted octanol–water partition coefficient (Wildman–Crippen LogP) is 3.39. The number of amides is 1. The van der Waals surface area contributed by atoms with Gasteiger partial charge in [0, 0.05) is 11.1 Å². The molecule has 0 aliphatic heterocycles. The molecule has 0 aromatic heterocycles. The van der Waals surface area contributed by atoms with Crippen molar-refractivity contribution in [3.05, 3.63) is 34.9 Å². The maximum atomic E-state index is 11.8. The molecule has 1 aliphatic carbocycles. The second-order valence-electron chi connectivity index (χ2n) is 5.50. The van der Waals surface area contributed by atoms with Gasteiger partial charge in [-0.1, -0.05) is 48.7 Å². The number of nitrogens with one attached hydrogen (secondary N) is 1. The first-order valence-corrected chi connectivity index (χ1v) is 7.73. The molecule has 0 unspecified atom stereocenters. The molecule has 2 atom stereocenters. The second-order valence-corrected chi connectivity index (χ2v) is 5.93. The van der Waals surface area contributed by atoms with Crippen molar-refractivity contribution in [2.24, 2.45) is 11.1 Å². The van der Waals surface area contributed by atoms with E-state index in [1.54, 1.807) is 18.3 Å². The highest BCUT2D eigenvalue weighted by atomic mass is 35.5. The molecule has 21 heavy (non-hydrogen) atoms. The van der Waals surface area contributed by atoms with Crippen LogP contribution in [-0.4, -0.2) is 24.8 Å². The molecule has 4 nitrogen and oxygen atoms in total. The normalized spacial score (nSPS) is 22.2. The van der Waals surface area contributed by atoms with E-state index in [2.05, 4.69) is 17.4 Å². The third-order valence-electron chi connectivity index (χ3n) is 3.80. The van der Waals surface area contributed by atoms with Gasteiger partial charge in [0.05, 0.1) is 6.21 Å². The minimum atomic E-state index is -0.109. The quantitative estimate of drug-likeness (QED) is 0.669. The van der Waals surface area contributed by atoms with Crippen LogP contribution in [0.25, 0.3) is 0 Å². The van der Waals surface area contributed by atoms with Gasteiger partial charge in [-0.3, -0.25) is 4.79 Å². The molecule has 1 amide bonds. The van der Waals surface area contributed by atoms with E-state index in [0.29, 0.717) is 10.9 Å². The van der Waals surface area contributed by atoms with Crippen molar-refractivity contribution in [1.82, 2.24) is 5.32 Å². The van der Waals surface area contributed by atoms with Gasteiger partial charge in [-0.05, 0) is 36.5 Å². The van der Waals surface area contributed by atoms with Crippen molar-refractivity contribution in [2.45, 2.75) is 38.6 Å². The maximum absolute atomic E-state index is 11.8. The summed E-state index contributed by atoms with van der Waals surface area (Å²) in [7, 11) is 0. The highest BCUT2D eigenvalue weighted by Crippen LogP contribution is 2.23. The number of oxime groups is 1. The van der Waals surface area contributed by atoms with Gasteiger partial charge in [-0.2, -0.15) is 0 Å². The Morgan fingerprint density at radius 2 is 2.10 bits per heavy atom. The largest absolute Gasteiger partial charge is 0.386 e. The molecule has 114 valence electrons. The summed E-state index contributed by atoms with van der Waals surface area (Å²) in [6, 6.07) is 7.49. The van der Waals surface area contributed by atoms with Crippen molar-refractivity contribution < 1.29 is 9.63 Å². The molecule has 1 aromatic rings. The lowest BCUT2D eigenvalue weighted by molar-refractivity contribution is -0.126. The first-order valence-electron chi connectivity index (χ1n) is 7.35. The molecular formula is C16H21ClN2O2. The zero-order valence-corrected chi connectivity index (χ0v) is 13.0. The monoisotopic (exact) mass is 308 g/mol. The second kappa shape index (κ2) is 8.03. The Morgan fingerprint density at radius 3 is 2.81 bits per heavy atom. The van der Waals surface area contributed by atoms with Crippen molar-refractivity contribution >= 4 is 23.7 Å². The highest BCUT2D eigenvalue weighted by Gasteiger charge is 2.22. The van der Waals surface area contributed by atoms with Crippen molar-refractivity contribution in [3.8, 4) is 0 Å². The Balaban J connectivity index is 1.70. The fourth-order valence-electron chi connectivity index (χ4n) is 2.52. The van der Waals surface area contributed by atoms with Crippen LogP contribution in [0.2, 0.25) is 5.02 Å². The predicted molar refractivity (Wildman–Crippen MR) is 84.6 cm³/mol. The lowest BCUT2D eigenvalue weighted by atomic mass is 9.86. The lowest BCUT2D eigenvalue weighted by Crippen LogP contribution is -2.42. The molecule has 0 saturated heterocycles. The van der Waals surface area contributed by atoms with Gasteiger partial charge in [0.15, 0.2) is 6.61 Å². The SMILES string of the molecule is C[C@H]1CCCC[C@H]1NC(=O)CO/N=C\c1ccc(Cl)cc1. The molecule has 1 aromatic carbocycles. The molecular weight excluding hydrogens is 288 g/mol. The summed E-state index contributed by atoms with van der Waals surface area (Å²) in [5.74, 6) is 0.433. The molecule has 2 rings (SSSR count). The lowest BCUT2D eigenvalue weighted by Gasteiger charge is -2.29. The first kappa shape index (κ1) is 15.8. The fourth-order valence-corrected chi connectivity index (χ4v) is 2.65. The van der Waals surface area contributed by atoms with Crippen LogP contribution in [0.15, 0.2) is 29.4 Å². The summed E-state index contributed by atoms with van der Waals surface area (Å²) in [6.45, 7) is 2.14. The third-order valence-corrected chi connectivity index (χ3v) is 4.05. The van der Waals surface area contributed by atoms with E-state index in [9.17, 15) is 4.79 Å². The molecule has 1 N–H and O–H groups in total. The average Bonchev–Trinajstić information content (AvgIpc) is 2.48. The molecule has 0 spiro atoms. The van der Waals surface area contributed by atoms with Crippen LogP contribution in [0, 0.1) is 5.92 Å². The smallest absolute Gasteiger partial charge is 0.261 e. The topological polar surface area (TPSA) is 50.7 Å². The van der Waals surface area contributed by atoms with E-state index >= 15 is 0 Å². The Morgan fingerprint density at radius 1 is 1.38 bits per heavy atom. The number of rotatable bonds is 5. The van der Waals surface area contributed by atoms with Crippen molar-refractivity contribution in [3.63, 3.8) is 0 Å². The van der Waals surface area contributed by atoms with Crippen LogP contribution in [0.3, 0.4) is 0 Å². The molecule has 5 heteroatoms. The van der Waals surface area contributed by atoms with Gasteiger partial charge in [-0.25, -0.2) is 0 Å². The van der Waals surface area contributed by atoms with Crippen LogP contribution in [0.4, 0.5) is 0 Å². The van der Waals surface area contributed by atoms with Crippen LogP contribution < -0.4 is 5.32 Å². The van der Waals surface area contributed by atoms with Gasteiger partial charge in [0.1, 0.15) is 0 Å². The van der Waals surface area contributed by atoms with E-state index in [1.165, 1.54) is 19.3 Å². The molecule has 1 saturated carbocycles. The minimum Gasteiger partial charge on any atom is -0.386 e. The van der Waals surface area contributed by atoms with E-state index in [0.717, 1.165) is 12.0 Å². The summed E-state index contributed by atoms with van der Waals surface area (Å²) in [5.41, 5.74) is 0.876. The van der Waals surface area contributed by atoms with Crippen molar-refractivity contribution in [2.75, 3.05) is 6.61 Å². The van der Waals surface area contributed by atoms with Gasteiger partial charge >= 0.3 is 0 Å². The standard InChI is InChI=1S/C16H21ClN2O2/c1-12-4-2-3-5-15(12)19-16(20)11-21-18-10-13-6-8-14(17)9-7-13/h6-10,12,15H,2-5,11H2,1H3,(H,19,20)/b18-10-/t12-,15+/m0/s1. The zero-order valence-electron chi connectivity index (χ0n) is 12.2. The van der Waals surface area contributed by atoms with Gasteiger partial charge in [0.25, 0.3) is 5.91 Å². The summed E-state index contributed by atoms with van der Waals surface area (Å²) < 4.78 is 0. The van der Waals surface area contributed by atoms with Crippen LogP contribution in [0.1, 0.15) is 38.2 Å². The van der Waals surface area contributed by atoms with Crippen LogP contribution >= 0.6 is 11.6 Å².